The molecule has 3 aromatic rings. The fourth-order valence-corrected chi connectivity index (χ4v) is 3.90. The number of carbonyl (C=O) groups excluding carboxylic acids is 3. The van der Waals surface area contributed by atoms with Gasteiger partial charge in [0.05, 0.1) is 28.2 Å². The summed E-state index contributed by atoms with van der Waals surface area (Å²) < 4.78 is 10.9. The highest BCUT2D eigenvalue weighted by atomic mass is 16.5. The van der Waals surface area contributed by atoms with Crippen molar-refractivity contribution in [3.8, 4) is 0 Å². The number of carbonyl (C=O) groups is 3. The molecule has 9 nitrogen and oxygen atoms in total. The maximum atomic E-state index is 13.0. The number of allylic oxidation sites excluding steroid dienone is 1. The molecule has 1 aliphatic heterocycles. The number of para-hydroxylation sites is 2. The van der Waals surface area contributed by atoms with Crippen molar-refractivity contribution in [2.24, 2.45) is 0 Å². The van der Waals surface area contributed by atoms with Crippen LogP contribution in [0.4, 0.5) is 11.4 Å². The average Bonchev–Trinajstić information content (AvgIpc) is 3.59. The first kappa shape index (κ1) is 20.9. The number of hydrogen-bond acceptors (Lipinski definition) is 7. The van der Waals surface area contributed by atoms with Gasteiger partial charge in [0.15, 0.2) is 6.61 Å². The molecule has 0 radical (unpaired) electrons. The second kappa shape index (κ2) is 8.16. The Hall–Kier alpha value is -4.01. The Balaban J connectivity index is 1.32. The number of benzene rings is 1. The van der Waals surface area contributed by atoms with Gasteiger partial charge in [-0.25, -0.2) is 4.98 Å². The monoisotopic (exact) mass is 446 g/mol. The molecule has 2 amide bonds. The van der Waals surface area contributed by atoms with Crippen LogP contribution in [-0.4, -0.2) is 40.9 Å². The molecule has 168 valence electrons. The molecular formula is C24H22N4O5. The number of Topliss-reactive ketones (excluding diaryl/α,β-unsaturated/α-hetero) is 1. The second-order valence-corrected chi connectivity index (χ2v) is 8.27. The third-order valence-electron chi connectivity index (χ3n) is 5.73. The van der Waals surface area contributed by atoms with Gasteiger partial charge in [-0.2, -0.15) is 0 Å². The lowest BCUT2D eigenvalue weighted by atomic mass is 10.0. The SMILES string of the molecule is CC(=CC(=O)N1CC(=O)Nc2ccccc21)OCC(=O)c1cc(C2CC2)nc2onc(C)c12. The van der Waals surface area contributed by atoms with E-state index in [1.807, 2.05) is 0 Å². The molecule has 9 heteroatoms. The minimum absolute atomic E-state index is 0.0930. The molecule has 33 heavy (non-hydrogen) atoms. The van der Waals surface area contributed by atoms with E-state index in [9.17, 15) is 14.4 Å². The lowest BCUT2D eigenvalue weighted by molar-refractivity contribution is -0.119. The zero-order valence-electron chi connectivity index (χ0n) is 18.3. The van der Waals surface area contributed by atoms with E-state index in [0.29, 0.717) is 39.6 Å². The van der Waals surface area contributed by atoms with Gasteiger partial charge in [0, 0.05) is 23.3 Å². The summed E-state index contributed by atoms with van der Waals surface area (Å²) in [5, 5.41) is 7.27. The summed E-state index contributed by atoms with van der Waals surface area (Å²) in [6, 6.07) is 8.86. The number of amides is 2. The van der Waals surface area contributed by atoms with Crippen molar-refractivity contribution in [2.45, 2.75) is 32.6 Å². The molecule has 0 unspecified atom stereocenters. The Morgan fingerprint density at radius 2 is 2.09 bits per heavy atom. The quantitative estimate of drug-likeness (QED) is 0.350. The number of anilines is 2. The van der Waals surface area contributed by atoms with Crippen LogP contribution in [0, 0.1) is 6.92 Å². The minimum Gasteiger partial charge on any atom is -0.490 e. The normalized spacial score (nSPS) is 15.9. The molecule has 1 fully saturated rings. The number of nitrogens with zero attached hydrogens (tertiary/aromatic N) is 3. The van der Waals surface area contributed by atoms with Crippen LogP contribution in [0.3, 0.4) is 0 Å². The second-order valence-electron chi connectivity index (χ2n) is 8.27. The predicted octanol–water partition coefficient (Wildman–Crippen LogP) is 3.50. The molecule has 0 bridgehead atoms. The molecule has 0 spiro atoms. The van der Waals surface area contributed by atoms with Gasteiger partial charge in [-0.3, -0.25) is 19.3 Å². The number of aromatic nitrogens is 2. The van der Waals surface area contributed by atoms with E-state index in [0.717, 1.165) is 18.5 Å². The van der Waals surface area contributed by atoms with Crippen LogP contribution in [0.25, 0.3) is 11.1 Å². The summed E-state index contributed by atoms with van der Waals surface area (Å²) in [6.45, 7) is 3.02. The van der Waals surface area contributed by atoms with Crippen LogP contribution in [0.15, 0.2) is 46.7 Å². The van der Waals surface area contributed by atoms with Crippen molar-refractivity contribution >= 4 is 40.1 Å². The highest BCUT2D eigenvalue weighted by Gasteiger charge is 2.29. The summed E-state index contributed by atoms with van der Waals surface area (Å²) in [7, 11) is 0. The van der Waals surface area contributed by atoms with Gasteiger partial charge in [-0.1, -0.05) is 17.3 Å². The Morgan fingerprint density at radius 1 is 1.30 bits per heavy atom. The number of ether oxygens (including phenoxy) is 1. The fourth-order valence-electron chi connectivity index (χ4n) is 3.90. The highest BCUT2D eigenvalue weighted by molar-refractivity contribution is 6.13. The number of hydrogen-bond donors (Lipinski definition) is 1. The van der Waals surface area contributed by atoms with E-state index in [-0.39, 0.29) is 30.6 Å². The fraction of sp³-hybridized carbons (Fsp3) is 0.292. The van der Waals surface area contributed by atoms with E-state index in [4.69, 9.17) is 9.26 Å². The molecule has 5 rings (SSSR count). The Morgan fingerprint density at radius 3 is 2.88 bits per heavy atom. The van der Waals surface area contributed by atoms with E-state index < -0.39 is 5.91 Å². The highest BCUT2D eigenvalue weighted by Crippen LogP contribution is 2.40. The van der Waals surface area contributed by atoms with Gasteiger partial charge < -0.3 is 14.6 Å². The lowest BCUT2D eigenvalue weighted by Crippen LogP contribution is -2.41. The molecule has 1 saturated carbocycles. The summed E-state index contributed by atoms with van der Waals surface area (Å²) in [4.78, 5) is 43.7. The van der Waals surface area contributed by atoms with E-state index in [1.54, 1.807) is 44.2 Å². The van der Waals surface area contributed by atoms with Gasteiger partial charge in [-0.15, -0.1) is 0 Å². The summed E-state index contributed by atoms with van der Waals surface area (Å²) in [6.07, 6.45) is 3.36. The molecule has 1 aliphatic carbocycles. The standard InChI is InChI=1S/C24H22N4O5/c1-13(9-22(31)28-11-21(30)25-17-5-3-4-6-19(17)28)32-12-20(29)16-10-18(15-7-8-15)26-24-23(16)14(2)27-33-24/h3-6,9-10,15H,7-8,11-12H2,1-2H3,(H,25,30). The first-order valence-electron chi connectivity index (χ1n) is 10.7. The molecule has 1 N–H and O–H groups in total. The zero-order valence-corrected chi connectivity index (χ0v) is 18.3. The predicted molar refractivity (Wildman–Crippen MR) is 120 cm³/mol. The number of rotatable bonds is 6. The van der Waals surface area contributed by atoms with Crippen LogP contribution in [0.1, 0.15) is 47.4 Å². The van der Waals surface area contributed by atoms with Gasteiger partial charge >= 0.3 is 0 Å². The number of fused-ring (bicyclic) bond motifs is 2. The molecule has 2 aromatic heterocycles. The van der Waals surface area contributed by atoms with Crippen molar-refractivity contribution in [1.29, 1.82) is 0 Å². The lowest BCUT2D eigenvalue weighted by Gasteiger charge is -2.28. The molecule has 2 aliphatic rings. The van der Waals surface area contributed by atoms with Crippen molar-refractivity contribution in [2.75, 3.05) is 23.4 Å². The minimum atomic E-state index is -0.403. The van der Waals surface area contributed by atoms with Crippen molar-refractivity contribution in [3.05, 3.63) is 59.1 Å². The number of nitrogens with one attached hydrogen (secondary N) is 1. The van der Waals surface area contributed by atoms with Crippen LogP contribution in [-0.2, 0) is 14.3 Å². The average molecular weight is 446 g/mol. The maximum Gasteiger partial charge on any atom is 0.258 e. The zero-order chi connectivity index (χ0) is 23.1. The first-order chi connectivity index (χ1) is 15.9. The Kier molecular flexibility index (Phi) is 5.16. The molecule has 0 saturated heterocycles. The van der Waals surface area contributed by atoms with Crippen LogP contribution in [0.5, 0.6) is 0 Å². The van der Waals surface area contributed by atoms with Gasteiger partial charge in [0.2, 0.25) is 11.7 Å². The molecular weight excluding hydrogens is 424 g/mol. The molecule has 1 aromatic carbocycles. The third kappa shape index (κ3) is 4.09. The number of pyridine rings is 1. The van der Waals surface area contributed by atoms with Crippen LogP contribution < -0.4 is 10.2 Å². The summed E-state index contributed by atoms with van der Waals surface area (Å²) in [5.74, 6) is -0.317. The maximum absolute atomic E-state index is 13.0. The number of aryl methyl sites for hydroxylation is 1. The van der Waals surface area contributed by atoms with E-state index >= 15 is 0 Å². The van der Waals surface area contributed by atoms with Crippen molar-refractivity contribution in [1.82, 2.24) is 10.1 Å². The Bertz CT molecular complexity index is 1320. The smallest absolute Gasteiger partial charge is 0.258 e. The van der Waals surface area contributed by atoms with Gasteiger partial charge in [-0.05, 0) is 44.9 Å². The third-order valence-corrected chi connectivity index (χ3v) is 5.73. The van der Waals surface area contributed by atoms with E-state index in [1.165, 1.54) is 11.0 Å². The number of ketones is 1. The van der Waals surface area contributed by atoms with E-state index in [2.05, 4.69) is 15.5 Å². The van der Waals surface area contributed by atoms with Crippen molar-refractivity contribution in [3.63, 3.8) is 0 Å². The summed E-state index contributed by atoms with van der Waals surface area (Å²) in [5.41, 5.74) is 3.41. The van der Waals surface area contributed by atoms with Crippen LogP contribution in [0.2, 0.25) is 0 Å². The largest absolute Gasteiger partial charge is 0.490 e. The van der Waals surface area contributed by atoms with Gasteiger partial charge in [0.25, 0.3) is 11.6 Å². The van der Waals surface area contributed by atoms with Crippen molar-refractivity contribution < 1.29 is 23.6 Å². The summed E-state index contributed by atoms with van der Waals surface area (Å²) >= 11 is 0. The van der Waals surface area contributed by atoms with Gasteiger partial charge in [0.1, 0.15) is 6.54 Å². The van der Waals surface area contributed by atoms with Crippen LogP contribution >= 0.6 is 0 Å². The first-order valence-corrected chi connectivity index (χ1v) is 10.7. The molecule has 3 heterocycles. The molecule has 0 atom stereocenters. The Labute approximate surface area is 189 Å². The topological polar surface area (TPSA) is 115 Å².